The van der Waals surface area contributed by atoms with E-state index in [4.69, 9.17) is 9.15 Å². The van der Waals surface area contributed by atoms with Gasteiger partial charge in [0.2, 0.25) is 0 Å². The Bertz CT molecular complexity index is 792. The number of hydrogen-bond acceptors (Lipinski definition) is 4. The van der Waals surface area contributed by atoms with Crippen molar-refractivity contribution in [2.75, 3.05) is 6.61 Å². The van der Waals surface area contributed by atoms with Crippen LogP contribution in [0.2, 0.25) is 0 Å². The summed E-state index contributed by atoms with van der Waals surface area (Å²) in [5, 5.41) is 10.4. The zero-order valence-electron chi connectivity index (χ0n) is 11.5. The standard InChI is InChI=1S/C17H13FO4/c18-12-3-1-11(2-4-12)15(8-21-10-19)16-9-22-17-6-5-13(20)7-14(16)17/h1-7,9-10,15,20H,8H2. The molecule has 0 saturated heterocycles. The van der Waals surface area contributed by atoms with Crippen molar-refractivity contribution < 1.29 is 23.4 Å². The SMILES string of the molecule is O=COCC(c1ccc(F)cc1)c1coc2ccc(O)cc12. The smallest absolute Gasteiger partial charge is 0.293 e. The van der Waals surface area contributed by atoms with Gasteiger partial charge in [-0.25, -0.2) is 4.39 Å². The Labute approximate surface area is 125 Å². The maximum Gasteiger partial charge on any atom is 0.293 e. The summed E-state index contributed by atoms with van der Waals surface area (Å²) in [6.45, 7) is 0.468. The van der Waals surface area contributed by atoms with Crippen LogP contribution in [0.5, 0.6) is 5.75 Å². The van der Waals surface area contributed by atoms with E-state index in [1.165, 1.54) is 18.2 Å². The topological polar surface area (TPSA) is 59.7 Å². The summed E-state index contributed by atoms with van der Waals surface area (Å²) in [6.07, 6.45) is 1.56. The molecule has 1 N–H and O–H groups in total. The molecule has 3 rings (SSSR count). The van der Waals surface area contributed by atoms with Crippen LogP contribution < -0.4 is 0 Å². The number of phenolic OH excluding ortho intramolecular Hbond substituents is 1. The fourth-order valence-electron chi connectivity index (χ4n) is 2.50. The number of ether oxygens (including phenoxy) is 1. The molecule has 0 spiro atoms. The number of hydrogen-bond donors (Lipinski definition) is 1. The maximum absolute atomic E-state index is 13.1. The van der Waals surface area contributed by atoms with Gasteiger partial charge in [0.1, 0.15) is 23.8 Å². The van der Waals surface area contributed by atoms with Crippen molar-refractivity contribution in [2.24, 2.45) is 0 Å². The molecule has 2 aromatic carbocycles. The Balaban J connectivity index is 2.09. The number of benzene rings is 2. The molecule has 1 aromatic heterocycles. The predicted molar refractivity (Wildman–Crippen MR) is 78.1 cm³/mol. The molecule has 0 saturated carbocycles. The third kappa shape index (κ3) is 2.65. The van der Waals surface area contributed by atoms with Gasteiger partial charge in [-0.15, -0.1) is 0 Å². The fraction of sp³-hybridized carbons (Fsp3) is 0.118. The molecule has 112 valence electrons. The monoisotopic (exact) mass is 300 g/mol. The lowest BCUT2D eigenvalue weighted by Gasteiger charge is -2.15. The number of aromatic hydroxyl groups is 1. The minimum absolute atomic E-state index is 0.0966. The third-order valence-electron chi connectivity index (χ3n) is 3.57. The van der Waals surface area contributed by atoms with Crippen LogP contribution in [0, 0.1) is 5.82 Å². The van der Waals surface area contributed by atoms with Crippen LogP contribution in [-0.4, -0.2) is 18.2 Å². The number of rotatable bonds is 5. The summed E-state index contributed by atoms with van der Waals surface area (Å²) >= 11 is 0. The van der Waals surface area contributed by atoms with Gasteiger partial charge >= 0.3 is 0 Å². The fourth-order valence-corrected chi connectivity index (χ4v) is 2.50. The van der Waals surface area contributed by atoms with Gasteiger partial charge in [-0.1, -0.05) is 12.1 Å². The average molecular weight is 300 g/mol. The Morgan fingerprint density at radius 2 is 2.00 bits per heavy atom. The van der Waals surface area contributed by atoms with Gasteiger partial charge < -0.3 is 14.3 Å². The molecule has 4 nitrogen and oxygen atoms in total. The lowest BCUT2D eigenvalue weighted by atomic mass is 9.91. The Morgan fingerprint density at radius 1 is 1.23 bits per heavy atom. The largest absolute Gasteiger partial charge is 0.508 e. The molecule has 0 bridgehead atoms. The minimum Gasteiger partial charge on any atom is -0.508 e. The molecule has 1 atom stereocenters. The van der Waals surface area contributed by atoms with Gasteiger partial charge in [-0.05, 0) is 35.9 Å². The van der Waals surface area contributed by atoms with E-state index in [0.717, 1.165) is 16.5 Å². The molecule has 0 aliphatic heterocycles. The van der Waals surface area contributed by atoms with Gasteiger partial charge in [0, 0.05) is 16.9 Å². The average Bonchev–Trinajstić information content (AvgIpc) is 2.92. The van der Waals surface area contributed by atoms with Crippen LogP contribution in [-0.2, 0) is 9.53 Å². The van der Waals surface area contributed by atoms with E-state index in [9.17, 15) is 14.3 Å². The first-order valence-electron chi connectivity index (χ1n) is 6.70. The highest BCUT2D eigenvalue weighted by atomic mass is 19.1. The zero-order chi connectivity index (χ0) is 15.5. The van der Waals surface area contributed by atoms with Crippen LogP contribution in [0.3, 0.4) is 0 Å². The van der Waals surface area contributed by atoms with Crippen LogP contribution in [0.15, 0.2) is 53.1 Å². The molecule has 0 amide bonds. The van der Waals surface area contributed by atoms with E-state index >= 15 is 0 Å². The Kier molecular flexibility index (Phi) is 3.78. The zero-order valence-corrected chi connectivity index (χ0v) is 11.5. The van der Waals surface area contributed by atoms with Crippen molar-refractivity contribution in [3.05, 3.63) is 65.7 Å². The van der Waals surface area contributed by atoms with Gasteiger partial charge in [0.25, 0.3) is 6.47 Å². The van der Waals surface area contributed by atoms with Crippen molar-refractivity contribution in [3.63, 3.8) is 0 Å². The quantitative estimate of drug-likeness (QED) is 0.732. The van der Waals surface area contributed by atoms with Crippen LogP contribution in [0.25, 0.3) is 11.0 Å². The van der Waals surface area contributed by atoms with Gasteiger partial charge in [-0.3, -0.25) is 4.79 Å². The van der Waals surface area contributed by atoms with E-state index in [1.54, 1.807) is 30.5 Å². The third-order valence-corrected chi connectivity index (χ3v) is 3.57. The van der Waals surface area contributed by atoms with Crippen molar-refractivity contribution in [1.29, 1.82) is 0 Å². The summed E-state index contributed by atoms with van der Waals surface area (Å²) in [5.41, 5.74) is 2.17. The van der Waals surface area contributed by atoms with E-state index in [2.05, 4.69) is 0 Å². The summed E-state index contributed by atoms with van der Waals surface area (Å²) in [7, 11) is 0. The number of halogens is 1. The molecule has 1 heterocycles. The van der Waals surface area contributed by atoms with Crippen LogP contribution in [0.4, 0.5) is 4.39 Å². The molecule has 0 fully saturated rings. The summed E-state index contributed by atoms with van der Waals surface area (Å²) in [6, 6.07) is 10.8. The predicted octanol–water partition coefficient (Wildman–Crippen LogP) is 3.58. The highest BCUT2D eigenvalue weighted by molar-refractivity contribution is 5.83. The second-order valence-corrected chi connectivity index (χ2v) is 4.91. The lowest BCUT2D eigenvalue weighted by molar-refractivity contribution is -0.128. The van der Waals surface area contributed by atoms with Crippen molar-refractivity contribution >= 4 is 17.4 Å². The minimum atomic E-state index is -0.339. The molecule has 5 heteroatoms. The number of carbonyl (C=O) groups excluding carboxylic acids is 1. The molecule has 22 heavy (non-hydrogen) atoms. The van der Waals surface area contributed by atoms with Gasteiger partial charge in [0.15, 0.2) is 0 Å². The van der Waals surface area contributed by atoms with Gasteiger partial charge in [-0.2, -0.15) is 0 Å². The van der Waals surface area contributed by atoms with Crippen molar-refractivity contribution in [3.8, 4) is 5.75 Å². The molecular weight excluding hydrogens is 287 g/mol. The number of furan rings is 1. The van der Waals surface area contributed by atoms with E-state index in [1.807, 2.05) is 0 Å². The molecule has 1 unspecified atom stereocenters. The van der Waals surface area contributed by atoms with Crippen LogP contribution >= 0.6 is 0 Å². The molecular formula is C17H13FO4. The van der Waals surface area contributed by atoms with Crippen molar-refractivity contribution in [1.82, 2.24) is 0 Å². The van der Waals surface area contributed by atoms with Gasteiger partial charge in [0.05, 0.1) is 6.26 Å². The summed E-state index contributed by atoms with van der Waals surface area (Å²) in [4.78, 5) is 10.5. The first-order valence-corrected chi connectivity index (χ1v) is 6.70. The molecule has 0 aliphatic carbocycles. The van der Waals surface area contributed by atoms with E-state index in [0.29, 0.717) is 12.1 Å². The highest BCUT2D eigenvalue weighted by Gasteiger charge is 2.20. The molecule has 3 aromatic rings. The normalized spacial score (nSPS) is 12.2. The Morgan fingerprint density at radius 3 is 2.73 bits per heavy atom. The number of fused-ring (bicyclic) bond motifs is 1. The van der Waals surface area contributed by atoms with E-state index < -0.39 is 0 Å². The number of carbonyl (C=O) groups is 1. The summed E-state index contributed by atoms with van der Waals surface area (Å²) < 4.78 is 23.5. The lowest BCUT2D eigenvalue weighted by Crippen LogP contribution is -2.08. The number of phenols is 1. The summed E-state index contributed by atoms with van der Waals surface area (Å²) in [5.74, 6) is -0.535. The first-order chi connectivity index (χ1) is 10.7. The maximum atomic E-state index is 13.1. The van der Waals surface area contributed by atoms with E-state index in [-0.39, 0.29) is 24.1 Å². The first kappa shape index (κ1) is 14.1. The van der Waals surface area contributed by atoms with Crippen LogP contribution in [0.1, 0.15) is 17.0 Å². The Hall–Kier alpha value is -2.82. The molecule has 0 aliphatic rings. The second kappa shape index (κ2) is 5.89. The highest BCUT2D eigenvalue weighted by Crippen LogP contribution is 2.34. The second-order valence-electron chi connectivity index (χ2n) is 4.91. The van der Waals surface area contributed by atoms with Crippen molar-refractivity contribution in [2.45, 2.75) is 5.92 Å². The molecule has 0 radical (unpaired) electrons.